The standard InChI is InChI=1S/C23H22N2O4S/c1-16-7-13-21(14-8-16)30(28,29)24-17(2)22-6-4-3-5-19(22)15-23(24)18-9-11-20(12-10-18)25(26)27/h3-14,17,23H,15H2,1-2H3/t17-,23-/m1/s1. The maximum atomic E-state index is 13.7. The Hall–Kier alpha value is -3.03. The summed E-state index contributed by atoms with van der Waals surface area (Å²) in [4.78, 5) is 10.8. The van der Waals surface area contributed by atoms with E-state index in [0.29, 0.717) is 6.42 Å². The predicted octanol–water partition coefficient (Wildman–Crippen LogP) is 4.95. The Bertz CT molecular complexity index is 1190. The molecule has 0 amide bonds. The van der Waals surface area contributed by atoms with Crippen molar-refractivity contribution < 1.29 is 13.3 Å². The molecule has 0 unspecified atom stereocenters. The lowest BCUT2D eigenvalue weighted by atomic mass is 9.88. The van der Waals surface area contributed by atoms with Gasteiger partial charge in [0.25, 0.3) is 5.69 Å². The molecule has 0 spiro atoms. The summed E-state index contributed by atoms with van der Waals surface area (Å²) < 4.78 is 28.9. The smallest absolute Gasteiger partial charge is 0.258 e. The number of rotatable bonds is 4. The van der Waals surface area contributed by atoms with Crippen molar-refractivity contribution in [2.45, 2.75) is 37.2 Å². The molecule has 154 valence electrons. The van der Waals surface area contributed by atoms with Gasteiger partial charge in [-0.2, -0.15) is 4.31 Å². The molecule has 0 radical (unpaired) electrons. The van der Waals surface area contributed by atoms with Gasteiger partial charge in [0.15, 0.2) is 0 Å². The van der Waals surface area contributed by atoms with E-state index in [9.17, 15) is 18.5 Å². The van der Waals surface area contributed by atoms with E-state index < -0.39 is 21.0 Å². The maximum Gasteiger partial charge on any atom is 0.269 e. The van der Waals surface area contributed by atoms with Crippen LogP contribution in [0.3, 0.4) is 0 Å². The molecule has 1 aliphatic rings. The lowest BCUT2D eigenvalue weighted by Gasteiger charge is -2.41. The molecule has 3 aromatic carbocycles. The normalized spacial score (nSPS) is 19.3. The molecule has 0 saturated heterocycles. The minimum absolute atomic E-state index is 0.0176. The molecular formula is C23H22N2O4S. The molecule has 7 heteroatoms. The van der Waals surface area contributed by atoms with E-state index in [2.05, 4.69) is 0 Å². The van der Waals surface area contributed by atoms with Crippen LogP contribution in [-0.4, -0.2) is 17.6 Å². The van der Waals surface area contributed by atoms with Crippen molar-refractivity contribution in [1.29, 1.82) is 0 Å². The fourth-order valence-corrected chi connectivity index (χ4v) is 5.91. The van der Waals surface area contributed by atoms with E-state index in [-0.39, 0.29) is 16.6 Å². The fourth-order valence-electron chi connectivity index (χ4n) is 4.12. The Morgan fingerprint density at radius 3 is 2.23 bits per heavy atom. The summed E-state index contributed by atoms with van der Waals surface area (Å²) >= 11 is 0. The molecule has 0 bridgehead atoms. The second kappa shape index (κ2) is 7.66. The number of sulfonamides is 1. The maximum absolute atomic E-state index is 13.7. The van der Waals surface area contributed by atoms with Crippen LogP contribution < -0.4 is 0 Å². The lowest BCUT2D eigenvalue weighted by molar-refractivity contribution is -0.384. The molecule has 4 rings (SSSR count). The van der Waals surface area contributed by atoms with Gasteiger partial charge >= 0.3 is 0 Å². The monoisotopic (exact) mass is 422 g/mol. The van der Waals surface area contributed by atoms with Gasteiger partial charge in [0.05, 0.1) is 15.9 Å². The molecule has 0 fully saturated rings. The topological polar surface area (TPSA) is 80.5 Å². The van der Waals surface area contributed by atoms with E-state index >= 15 is 0 Å². The van der Waals surface area contributed by atoms with Crippen molar-refractivity contribution in [3.05, 3.63) is 105 Å². The first kappa shape index (κ1) is 20.3. The number of nitro groups is 1. The molecular weight excluding hydrogens is 400 g/mol. The summed E-state index contributed by atoms with van der Waals surface area (Å²) in [6.45, 7) is 3.80. The van der Waals surface area contributed by atoms with Gasteiger partial charge in [-0.05, 0) is 49.1 Å². The van der Waals surface area contributed by atoms with Gasteiger partial charge < -0.3 is 0 Å². The van der Waals surface area contributed by atoms with E-state index in [1.807, 2.05) is 38.1 Å². The van der Waals surface area contributed by atoms with Crippen LogP contribution in [0.4, 0.5) is 5.69 Å². The Labute approximate surface area is 176 Å². The highest BCUT2D eigenvalue weighted by Crippen LogP contribution is 2.43. The van der Waals surface area contributed by atoms with E-state index in [4.69, 9.17) is 0 Å². The molecule has 30 heavy (non-hydrogen) atoms. The van der Waals surface area contributed by atoms with Crippen molar-refractivity contribution >= 4 is 15.7 Å². The largest absolute Gasteiger partial charge is 0.269 e. The number of aryl methyl sites for hydroxylation is 1. The van der Waals surface area contributed by atoms with Crippen molar-refractivity contribution in [2.75, 3.05) is 0 Å². The van der Waals surface area contributed by atoms with Gasteiger partial charge in [-0.3, -0.25) is 10.1 Å². The SMILES string of the molecule is Cc1ccc(S(=O)(=O)N2[C@H](C)c3ccccc3C[C@@H]2c2ccc([N+](=O)[O-])cc2)cc1. The number of nitrogens with zero attached hydrogens (tertiary/aromatic N) is 2. The third kappa shape index (κ3) is 3.51. The number of hydrogen-bond acceptors (Lipinski definition) is 4. The average molecular weight is 423 g/mol. The molecule has 1 heterocycles. The first-order chi connectivity index (χ1) is 14.3. The number of hydrogen-bond donors (Lipinski definition) is 0. The molecule has 0 N–H and O–H groups in total. The van der Waals surface area contributed by atoms with Gasteiger partial charge in [0.1, 0.15) is 0 Å². The summed E-state index contributed by atoms with van der Waals surface area (Å²) in [5.41, 5.74) is 3.77. The molecule has 0 saturated carbocycles. The quantitative estimate of drug-likeness (QED) is 0.440. The Morgan fingerprint density at radius 1 is 0.967 bits per heavy atom. The van der Waals surface area contributed by atoms with Crippen LogP contribution >= 0.6 is 0 Å². The van der Waals surface area contributed by atoms with Crippen LogP contribution in [0.15, 0.2) is 77.7 Å². The molecule has 6 nitrogen and oxygen atoms in total. The highest BCUT2D eigenvalue weighted by molar-refractivity contribution is 7.89. The minimum Gasteiger partial charge on any atom is -0.258 e. The first-order valence-corrected chi connectivity index (χ1v) is 11.2. The lowest BCUT2D eigenvalue weighted by Crippen LogP contribution is -2.41. The fraction of sp³-hybridized carbons (Fsp3) is 0.217. The zero-order valence-corrected chi connectivity index (χ0v) is 17.5. The van der Waals surface area contributed by atoms with Crippen LogP contribution in [-0.2, 0) is 16.4 Å². The summed E-state index contributed by atoms with van der Waals surface area (Å²) in [5, 5.41) is 11.0. The van der Waals surface area contributed by atoms with Crippen molar-refractivity contribution in [3.8, 4) is 0 Å². The summed E-state index contributed by atoms with van der Waals surface area (Å²) in [7, 11) is -3.80. The van der Waals surface area contributed by atoms with E-state index in [0.717, 1.165) is 22.3 Å². The predicted molar refractivity (Wildman–Crippen MR) is 115 cm³/mol. The van der Waals surface area contributed by atoms with Gasteiger partial charge in [0, 0.05) is 18.2 Å². The summed E-state index contributed by atoms with van der Waals surface area (Å²) in [6.07, 6.45) is 0.503. The molecule has 3 aromatic rings. The Kier molecular flexibility index (Phi) is 5.17. The second-order valence-corrected chi connectivity index (χ2v) is 9.43. The zero-order valence-electron chi connectivity index (χ0n) is 16.7. The average Bonchev–Trinajstić information content (AvgIpc) is 2.74. The number of non-ortho nitro benzene ring substituents is 1. The Morgan fingerprint density at radius 2 is 1.60 bits per heavy atom. The van der Waals surface area contributed by atoms with Crippen LogP contribution in [0.5, 0.6) is 0 Å². The highest BCUT2D eigenvalue weighted by Gasteiger charge is 2.41. The van der Waals surface area contributed by atoms with Crippen LogP contribution in [0, 0.1) is 17.0 Å². The van der Waals surface area contributed by atoms with Gasteiger partial charge in [-0.1, -0.05) is 54.1 Å². The van der Waals surface area contributed by atoms with Crippen LogP contribution in [0.1, 0.15) is 41.3 Å². The van der Waals surface area contributed by atoms with Crippen molar-refractivity contribution in [1.82, 2.24) is 4.31 Å². The molecule has 1 aliphatic heterocycles. The summed E-state index contributed by atoms with van der Waals surface area (Å²) in [6, 6.07) is 20.0. The molecule has 0 aliphatic carbocycles. The highest BCUT2D eigenvalue weighted by atomic mass is 32.2. The van der Waals surface area contributed by atoms with Gasteiger partial charge in [-0.25, -0.2) is 8.42 Å². The van der Waals surface area contributed by atoms with Gasteiger partial charge in [-0.15, -0.1) is 0 Å². The van der Waals surface area contributed by atoms with E-state index in [1.165, 1.54) is 12.1 Å². The third-order valence-electron chi connectivity index (χ3n) is 5.69. The first-order valence-electron chi connectivity index (χ1n) is 9.71. The van der Waals surface area contributed by atoms with Crippen molar-refractivity contribution in [3.63, 3.8) is 0 Å². The zero-order chi connectivity index (χ0) is 21.5. The summed E-state index contributed by atoms with van der Waals surface area (Å²) in [5.74, 6) is 0. The number of nitro benzene ring substituents is 1. The van der Waals surface area contributed by atoms with Crippen LogP contribution in [0.25, 0.3) is 0 Å². The Balaban J connectivity index is 1.85. The second-order valence-electron chi connectivity index (χ2n) is 7.59. The van der Waals surface area contributed by atoms with Crippen LogP contribution in [0.2, 0.25) is 0 Å². The van der Waals surface area contributed by atoms with E-state index in [1.54, 1.807) is 40.7 Å². The van der Waals surface area contributed by atoms with Crippen molar-refractivity contribution in [2.24, 2.45) is 0 Å². The number of benzene rings is 3. The van der Waals surface area contributed by atoms with Gasteiger partial charge in [0.2, 0.25) is 10.0 Å². The third-order valence-corrected chi connectivity index (χ3v) is 7.69. The molecule has 0 aromatic heterocycles. The molecule has 2 atom stereocenters. The minimum atomic E-state index is -3.80. The number of fused-ring (bicyclic) bond motifs is 1.